The molecule has 0 unspecified atom stereocenters. The molecule has 2 heterocycles. The predicted octanol–water partition coefficient (Wildman–Crippen LogP) is 5.05. The predicted molar refractivity (Wildman–Crippen MR) is 101 cm³/mol. The van der Waals surface area contributed by atoms with E-state index in [1.54, 1.807) is 28.4 Å². The van der Waals surface area contributed by atoms with Crippen molar-refractivity contribution in [2.24, 2.45) is 5.41 Å². The van der Waals surface area contributed by atoms with Gasteiger partial charge in [-0.25, -0.2) is 4.39 Å². The van der Waals surface area contributed by atoms with E-state index in [4.69, 9.17) is 0 Å². The van der Waals surface area contributed by atoms with Crippen molar-refractivity contribution in [3.63, 3.8) is 0 Å². The van der Waals surface area contributed by atoms with Crippen molar-refractivity contribution in [2.75, 3.05) is 4.90 Å². The molecule has 2 aromatic rings. The van der Waals surface area contributed by atoms with E-state index in [0.717, 1.165) is 16.8 Å². The van der Waals surface area contributed by atoms with Crippen LogP contribution in [0.2, 0.25) is 0 Å². The van der Waals surface area contributed by atoms with Gasteiger partial charge in [-0.1, -0.05) is 13.8 Å². The van der Waals surface area contributed by atoms with E-state index in [9.17, 15) is 14.0 Å². The zero-order valence-electron chi connectivity index (χ0n) is 14.8. The zero-order valence-corrected chi connectivity index (χ0v) is 15.6. The summed E-state index contributed by atoms with van der Waals surface area (Å²) in [6.07, 6.45) is 1.40. The van der Waals surface area contributed by atoms with Crippen LogP contribution >= 0.6 is 11.3 Å². The van der Waals surface area contributed by atoms with Crippen molar-refractivity contribution in [3.8, 4) is 0 Å². The summed E-state index contributed by atoms with van der Waals surface area (Å²) >= 11 is 1.57. The Bertz CT molecular complexity index is 897. The van der Waals surface area contributed by atoms with Gasteiger partial charge in [-0.2, -0.15) is 11.3 Å². The largest absolute Gasteiger partial charge is 0.294 e. The van der Waals surface area contributed by atoms with Crippen molar-refractivity contribution < 1.29 is 14.0 Å². The summed E-state index contributed by atoms with van der Waals surface area (Å²) in [5, 5.41) is 3.99. The van der Waals surface area contributed by atoms with Crippen LogP contribution in [0.5, 0.6) is 0 Å². The second-order valence-corrected chi connectivity index (χ2v) is 8.60. The lowest BCUT2D eigenvalue weighted by Gasteiger charge is -2.42. The highest BCUT2D eigenvalue weighted by Crippen LogP contribution is 2.48. The Balaban J connectivity index is 1.89. The molecule has 1 aliphatic heterocycles. The fourth-order valence-electron chi connectivity index (χ4n) is 4.06. The molecule has 0 radical (unpaired) electrons. The van der Waals surface area contributed by atoms with Crippen molar-refractivity contribution >= 4 is 28.7 Å². The van der Waals surface area contributed by atoms with Crippen LogP contribution in [0.15, 0.2) is 52.4 Å². The molecule has 1 aromatic carbocycles. The molecule has 1 atom stereocenters. The second-order valence-electron chi connectivity index (χ2n) is 7.82. The van der Waals surface area contributed by atoms with Gasteiger partial charge in [0.15, 0.2) is 5.78 Å². The minimum absolute atomic E-state index is 0.0444. The number of anilines is 1. The highest BCUT2D eigenvalue weighted by atomic mass is 32.1. The first-order valence-corrected chi connectivity index (χ1v) is 9.67. The summed E-state index contributed by atoms with van der Waals surface area (Å²) in [5.41, 5.74) is 2.99. The minimum Gasteiger partial charge on any atom is -0.294 e. The molecule has 3 nitrogen and oxygen atoms in total. The standard InChI is InChI=1S/C21H20FNO2S/c1-21(2)10-17-20(18(24)11-21)16(13-7-8-26-12-13)9-19(25)23(17)15-5-3-14(22)4-6-15/h3-8,12,16H,9-11H2,1-2H3/t16-/m1/s1. The number of benzene rings is 1. The van der Waals surface area contributed by atoms with Crippen molar-refractivity contribution in [1.29, 1.82) is 0 Å². The number of Topliss-reactive ketones (excluding diaryl/α,β-unsaturated/α-hetero) is 1. The molecular formula is C21H20FNO2S. The van der Waals surface area contributed by atoms with E-state index in [-0.39, 0.29) is 35.3 Å². The average Bonchev–Trinajstić information content (AvgIpc) is 3.08. The summed E-state index contributed by atoms with van der Waals surface area (Å²) < 4.78 is 13.3. The molecule has 0 fully saturated rings. The van der Waals surface area contributed by atoms with Gasteiger partial charge in [0.2, 0.25) is 5.91 Å². The summed E-state index contributed by atoms with van der Waals surface area (Å²) in [7, 11) is 0. The van der Waals surface area contributed by atoms with Gasteiger partial charge in [0.1, 0.15) is 5.82 Å². The fraction of sp³-hybridized carbons (Fsp3) is 0.333. The number of thiophene rings is 1. The van der Waals surface area contributed by atoms with Crippen LogP contribution in [0.25, 0.3) is 0 Å². The molecule has 26 heavy (non-hydrogen) atoms. The first-order chi connectivity index (χ1) is 12.4. The summed E-state index contributed by atoms with van der Waals surface area (Å²) in [5.74, 6) is -0.447. The lowest BCUT2D eigenvalue weighted by Crippen LogP contribution is -2.43. The molecule has 2 aliphatic rings. The van der Waals surface area contributed by atoms with Gasteiger partial charge >= 0.3 is 0 Å². The Hall–Kier alpha value is -2.27. The van der Waals surface area contributed by atoms with E-state index in [0.29, 0.717) is 18.5 Å². The molecule has 0 bridgehead atoms. The summed E-state index contributed by atoms with van der Waals surface area (Å²) in [6, 6.07) is 7.91. The van der Waals surface area contributed by atoms with Crippen LogP contribution in [-0.2, 0) is 9.59 Å². The second kappa shape index (κ2) is 6.16. The first kappa shape index (κ1) is 17.2. The molecule has 1 aromatic heterocycles. The maximum absolute atomic E-state index is 13.3. The fourth-order valence-corrected chi connectivity index (χ4v) is 4.78. The Morgan fingerprint density at radius 3 is 2.50 bits per heavy atom. The van der Waals surface area contributed by atoms with Gasteiger partial charge in [-0.3, -0.25) is 14.5 Å². The summed E-state index contributed by atoms with van der Waals surface area (Å²) in [6.45, 7) is 4.10. The molecule has 1 aliphatic carbocycles. The monoisotopic (exact) mass is 369 g/mol. The van der Waals surface area contributed by atoms with Crippen LogP contribution in [0.4, 0.5) is 10.1 Å². The molecule has 0 saturated heterocycles. The van der Waals surface area contributed by atoms with E-state index < -0.39 is 0 Å². The molecule has 5 heteroatoms. The molecule has 0 saturated carbocycles. The molecule has 134 valence electrons. The maximum Gasteiger partial charge on any atom is 0.232 e. The molecule has 1 amide bonds. The van der Waals surface area contributed by atoms with Crippen molar-refractivity contribution in [3.05, 3.63) is 63.7 Å². The number of carbonyl (C=O) groups is 2. The number of amides is 1. The van der Waals surface area contributed by atoms with Crippen LogP contribution < -0.4 is 4.90 Å². The number of allylic oxidation sites excluding steroid dienone is 2. The average molecular weight is 369 g/mol. The van der Waals surface area contributed by atoms with Gasteiger partial charge < -0.3 is 0 Å². The number of nitrogens with zero attached hydrogens (tertiary/aromatic N) is 1. The van der Waals surface area contributed by atoms with E-state index in [1.165, 1.54) is 12.1 Å². The van der Waals surface area contributed by atoms with Gasteiger partial charge in [-0.15, -0.1) is 0 Å². The SMILES string of the molecule is CC1(C)CC(=O)C2=C(C1)N(c1ccc(F)cc1)C(=O)C[C@@H]2c1ccsc1. The van der Waals surface area contributed by atoms with Crippen molar-refractivity contribution in [1.82, 2.24) is 0 Å². The van der Waals surface area contributed by atoms with E-state index in [2.05, 4.69) is 13.8 Å². The normalized spacial score (nSPS) is 22.6. The van der Waals surface area contributed by atoms with Gasteiger partial charge in [0, 0.05) is 35.7 Å². The zero-order chi connectivity index (χ0) is 18.5. The molecule has 0 N–H and O–H groups in total. The van der Waals surface area contributed by atoms with Gasteiger partial charge in [0.05, 0.1) is 0 Å². The minimum atomic E-state index is -0.344. The maximum atomic E-state index is 13.3. The Kier molecular flexibility index (Phi) is 4.07. The highest BCUT2D eigenvalue weighted by Gasteiger charge is 2.44. The van der Waals surface area contributed by atoms with E-state index in [1.807, 2.05) is 16.8 Å². The smallest absolute Gasteiger partial charge is 0.232 e. The number of ketones is 1. The van der Waals surface area contributed by atoms with Gasteiger partial charge in [-0.05, 0) is 58.5 Å². The highest BCUT2D eigenvalue weighted by molar-refractivity contribution is 7.08. The van der Waals surface area contributed by atoms with E-state index >= 15 is 0 Å². The Morgan fingerprint density at radius 1 is 1.12 bits per heavy atom. The quantitative estimate of drug-likeness (QED) is 0.743. The van der Waals surface area contributed by atoms with Crippen LogP contribution in [-0.4, -0.2) is 11.7 Å². The number of hydrogen-bond acceptors (Lipinski definition) is 3. The third-order valence-electron chi connectivity index (χ3n) is 5.17. The number of hydrogen-bond donors (Lipinski definition) is 0. The van der Waals surface area contributed by atoms with Crippen LogP contribution in [0.1, 0.15) is 44.6 Å². The molecule has 4 rings (SSSR count). The number of halogens is 1. The molecular weight excluding hydrogens is 349 g/mol. The third kappa shape index (κ3) is 2.90. The Labute approximate surface area is 156 Å². The number of carbonyl (C=O) groups excluding carboxylic acids is 2. The lowest BCUT2D eigenvalue weighted by molar-refractivity contribution is -0.121. The topological polar surface area (TPSA) is 37.4 Å². The first-order valence-electron chi connectivity index (χ1n) is 8.72. The van der Waals surface area contributed by atoms with Crippen molar-refractivity contribution in [2.45, 2.75) is 39.0 Å². The Morgan fingerprint density at radius 2 is 1.85 bits per heavy atom. The van der Waals surface area contributed by atoms with Gasteiger partial charge in [0.25, 0.3) is 0 Å². The van der Waals surface area contributed by atoms with Crippen LogP contribution in [0.3, 0.4) is 0 Å². The lowest BCUT2D eigenvalue weighted by atomic mass is 9.69. The molecule has 0 spiro atoms. The number of rotatable bonds is 2. The summed E-state index contributed by atoms with van der Waals surface area (Å²) in [4.78, 5) is 27.7. The van der Waals surface area contributed by atoms with Crippen LogP contribution in [0, 0.1) is 11.2 Å². The third-order valence-corrected chi connectivity index (χ3v) is 5.87.